The second kappa shape index (κ2) is 7.61. The quantitative estimate of drug-likeness (QED) is 0.700. The minimum Gasteiger partial charge on any atom is -0.469 e. The van der Waals surface area contributed by atoms with Crippen molar-refractivity contribution in [1.82, 2.24) is 15.0 Å². The fourth-order valence-corrected chi connectivity index (χ4v) is 2.52. The average Bonchev–Trinajstić information content (AvgIpc) is 3.13. The summed E-state index contributed by atoms with van der Waals surface area (Å²) in [6, 6.07) is 17.5. The van der Waals surface area contributed by atoms with Crippen LogP contribution in [0.2, 0.25) is 0 Å². The summed E-state index contributed by atoms with van der Waals surface area (Å²) in [5.74, 6) is -0.254. The van der Waals surface area contributed by atoms with Gasteiger partial charge in [-0.05, 0) is 36.8 Å². The van der Waals surface area contributed by atoms with Gasteiger partial charge in [-0.3, -0.25) is 4.79 Å². The molecule has 0 radical (unpaired) electrons. The number of benzene rings is 2. The smallest absolute Gasteiger partial charge is 0.309 e. The Kier molecular flexibility index (Phi) is 5.09. The van der Waals surface area contributed by atoms with Crippen LogP contribution in [0.1, 0.15) is 24.2 Å². The zero-order valence-corrected chi connectivity index (χ0v) is 14.2. The summed E-state index contributed by atoms with van der Waals surface area (Å²) < 4.78 is 6.46. The molecule has 0 saturated carbocycles. The standard InChI is InChI=1S/C19H20N4O2/c1-14(18-13-23(22-21-18)17-9-4-3-5-10-17)20-16-8-6-7-15(11-16)12-19(24)25-2/h3-11,13-14,20H,12H2,1-2H3/t14-/m0/s1. The molecule has 3 rings (SSSR count). The molecule has 1 heterocycles. The van der Waals surface area contributed by atoms with Crippen molar-refractivity contribution in [1.29, 1.82) is 0 Å². The number of hydrogen-bond acceptors (Lipinski definition) is 5. The summed E-state index contributed by atoms with van der Waals surface area (Å²) in [7, 11) is 1.39. The molecule has 2 aromatic carbocycles. The van der Waals surface area contributed by atoms with Gasteiger partial charge in [0.15, 0.2) is 0 Å². The molecule has 0 saturated heterocycles. The maximum Gasteiger partial charge on any atom is 0.309 e. The first-order valence-electron chi connectivity index (χ1n) is 8.05. The molecule has 0 aliphatic rings. The number of rotatable bonds is 6. The molecule has 25 heavy (non-hydrogen) atoms. The Morgan fingerprint density at radius 2 is 2.00 bits per heavy atom. The number of aromatic nitrogens is 3. The van der Waals surface area contributed by atoms with E-state index in [-0.39, 0.29) is 18.4 Å². The van der Waals surface area contributed by atoms with Crippen molar-refractivity contribution in [2.24, 2.45) is 0 Å². The van der Waals surface area contributed by atoms with Crippen LogP contribution in [-0.2, 0) is 16.0 Å². The Morgan fingerprint density at radius 1 is 1.20 bits per heavy atom. The Morgan fingerprint density at radius 3 is 2.76 bits per heavy atom. The molecule has 0 spiro atoms. The monoisotopic (exact) mass is 336 g/mol. The van der Waals surface area contributed by atoms with Crippen molar-refractivity contribution >= 4 is 11.7 Å². The Bertz CT molecular complexity index is 845. The maximum absolute atomic E-state index is 11.4. The molecule has 128 valence electrons. The van der Waals surface area contributed by atoms with E-state index >= 15 is 0 Å². The lowest BCUT2D eigenvalue weighted by atomic mass is 10.1. The van der Waals surface area contributed by atoms with Crippen LogP contribution in [0.4, 0.5) is 5.69 Å². The summed E-state index contributed by atoms with van der Waals surface area (Å²) in [5.41, 5.74) is 3.62. The predicted molar refractivity (Wildman–Crippen MR) is 95.6 cm³/mol. The Hall–Kier alpha value is -3.15. The lowest BCUT2D eigenvalue weighted by Crippen LogP contribution is -2.08. The molecule has 0 aliphatic carbocycles. The van der Waals surface area contributed by atoms with Gasteiger partial charge in [-0.25, -0.2) is 4.68 Å². The number of para-hydroxylation sites is 1. The second-order valence-corrected chi connectivity index (χ2v) is 5.74. The van der Waals surface area contributed by atoms with Crippen molar-refractivity contribution in [2.45, 2.75) is 19.4 Å². The molecule has 1 atom stereocenters. The van der Waals surface area contributed by atoms with E-state index in [1.807, 2.05) is 67.7 Å². The number of hydrogen-bond donors (Lipinski definition) is 1. The van der Waals surface area contributed by atoms with Gasteiger partial charge in [0.05, 0.1) is 31.5 Å². The fourth-order valence-electron chi connectivity index (χ4n) is 2.52. The fraction of sp³-hybridized carbons (Fsp3) is 0.211. The van der Waals surface area contributed by atoms with Crippen LogP contribution in [-0.4, -0.2) is 28.1 Å². The van der Waals surface area contributed by atoms with Gasteiger partial charge < -0.3 is 10.1 Å². The third kappa shape index (κ3) is 4.23. The molecule has 3 aromatic rings. The number of methoxy groups -OCH3 is 1. The Labute approximate surface area is 146 Å². The number of carbonyl (C=O) groups is 1. The molecule has 6 heteroatoms. The molecule has 0 aliphatic heterocycles. The molecule has 1 aromatic heterocycles. The zero-order valence-electron chi connectivity index (χ0n) is 14.2. The van der Waals surface area contributed by atoms with Crippen LogP contribution < -0.4 is 5.32 Å². The number of esters is 1. The number of anilines is 1. The summed E-state index contributed by atoms with van der Waals surface area (Å²) in [6.07, 6.45) is 2.16. The molecule has 0 unspecified atom stereocenters. The highest BCUT2D eigenvalue weighted by molar-refractivity contribution is 5.72. The summed E-state index contributed by atoms with van der Waals surface area (Å²) in [5, 5.41) is 11.8. The van der Waals surface area contributed by atoms with Crippen LogP contribution in [0.3, 0.4) is 0 Å². The number of carbonyl (C=O) groups excluding carboxylic acids is 1. The lowest BCUT2D eigenvalue weighted by Gasteiger charge is -2.13. The zero-order chi connectivity index (χ0) is 17.6. The normalized spacial score (nSPS) is 11.8. The van der Waals surface area contributed by atoms with Gasteiger partial charge >= 0.3 is 5.97 Å². The highest BCUT2D eigenvalue weighted by Crippen LogP contribution is 2.19. The van der Waals surface area contributed by atoms with Crippen LogP contribution in [0, 0.1) is 0 Å². The van der Waals surface area contributed by atoms with Gasteiger partial charge in [0.2, 0.25) is 0 Å². The number of ether oxygens (including phenoxy) is 1. The van der Waals surface area contributed by atoms with Crippen LogP contribution in [0.5, 0.6) is 0 Å². The molecule has 0 amide bonds. The van der Waals surface area contributed by atoms with E-state index in [2.05, 4.69) is 15.6 Å². The summed E-state index contributed by atoms with van der Waals surface area (Å²) in [4.78, 5) is 11.4. The lowest BCUT2D eigenvalue weighted by molar-refractivity contribution is -0.139. The predicted octanol–water partition coefficient (Wildman–Crippen LogP) is 3.16. The van der Waals surface area contributed by atoms with Crippen LogP contribution >= 0.6 is 0 Å². The summed E-state index contributed by atoms with van der Waals surface area (Å²) in [6.45, 7) is 2.02. The van der Waals surface area contributed by atoms with Crippen molar-refractivity contribution < 1.29 is 9.53 Å². The van der Waals surface area contributed by atoms with E-state index in [1.54, 1.807) is 4.68 Å². The van der Waals surface area contributed by atoms with Crippen molar-refractivity contribution in [3.8, 4) is 5.69 Å². The maximum atomic E-state index is 11.4. The van der Waals surface area contributed by atoms with E-state index in [9.17, 15) is 4.79 Å². The highest BCUT2D eigenvalue weighted by atomic mass is 16.5. The van der Waals surface area contributed by atoms with E-state index in [4.69, 9.17) is 4.74 Å². The second-order valence-electron chi connectivity index (χ2n) is 5.74. The van der Waals surface area contributed by atoms with E-state index in [0.29, 0.717) is 0 Å². The minimum absolute atomic E-state index is 0.0224. The first-order valence-corrected chi connectivity index (χ1v) is 8.05. The number of nitrogens with zero attached hydrogens (tertiary/aromatic N) is 3. The first kappa shape index (κ1) is 16.7. The van der Waals surface area contributed by atoms with Gasteiger partial charge in [0.1, 0.15) is 5.69 Å². The molecule has 1 N–H and O–H groups in total. The molecule has 0 bridgehead atoms. The molecular weight excluding hydrogens is 316 g/mol. The van der Waals surface area contributed by atoms with E-state index in [0.717, 1.165) is 22.6 Å². The minimum atomic E-state index is -0.254. The van der Waals surface area contributed by atoms with Gasteiger partial charge in [0, 0.05) is 5.69 Å². The van der Waals surface area contributed by atoms with Gasteiger partial charge in [-0.2, -0.15) is 0 Å². The van der Waals surface area contributed by atoms with Crippen molar-refractivity contribution in [3.63, 3.8) is 0 Å². The molecule has 6 nitrogen and oxygen atoms in total. The van der Waals surface area contributed by atoms with Crippen molar-refractivity contribution in [2.75, 3.05) is 12.4 Å². The SMILES string of the molecule is COC(=O)Cc1cccc(N[C@@H](C)c2cn(-c3ccccc3)nn2)c1. The third-order valence-electron chi connectivity index (χ3n) is 3.86. The Balaban J connectivity index is 1.70. The van der Waals surface area contributed by atoms with Crippen molar-refractivity contribution in [3.05, 3.63) is 72.1 Å². The van der Waals surface area contributed by atoms with Gasteiger partial charge in [-0.1, -0.05) is 35.5 Å². The van der Waals surface area contributed by atoms with Gasteiger partial charge in [-0.15, -0.1) is 5.10 Å². The largest absolute Gasteiger partial charge is 0.469 e. The number of nitrogens with one attached hydrogen (secondary N) is 1. The highest BCUT2D eigenvalue weighted by Gasteiger charge is 2.11. The topological polar surface area (TPSA) is 69.0 Å². The molecule has 0 fully saturated rings. The van der Waals surface area contributed by atoms with E-state index in [1.165, 1.54) is 7.11 Å². The average molecular weight is 336 g/mol. The first-order chi connectivity index (χ1) is 12.2. The van der Waals surface area contributed by atoms with Gasteiger partial charge in [0.25, 0.3) is 0 Å². The summed E-state index contributed by atoms with van der Waals surface area (Å²) >= 11 is 0. The third-order valence-corrected chi connectivity index (χ3v) is 3.86. The molecular formula is C19H20N4O2. The van der Waals surface area contributed by atoms with E-state index < -0.39 is 0 Å². The van der Waals surface area contributed by atoms with Crippen LogP contribution in [0.15, 0.2) is 60.8 Å². The van der Waals surface area contributed by atoms with Crippen LogP contribution in [0.25, 0.3) is 5.69 Å².